The topological polar surface area (TPSA) is 111 Å². The van der Waals surface area contributed by atoms with E-state index in [0.29, 0.717) is 36.4 Å². The van der Waals surface area contributed by atoms with E-state index in [0.717, 1.165) is 0 Å². The standard InChI is InChI=1S/C34H43NO9/c1-22-15-16-27(42-32(36)24-11-8-7-9-12-24)31-28(43-34(3,4)44-31)14-10-13-25-19-26(39-18-17-35-5)20-29(40-21-38-6)30(25)33(37)41-23(22)2/h7-13,15-16,19-20,22-23,27-28,31,35H,14,17-18,21H2,1-6H3/b13-10+,16-15-/t22-,23+,27?,28+,31?/m1/s1. The molecule has 2 aromatic rings. The third kappa shape index (κ3) is 8.69. The summed E-state index contributed by atoms with van der Waals surface area (Å²) in [7, 11) is 3.35. The van der Waals surface area contributed by atoms with Gasteiger partial charge in [0, 0.05) is 25.6 Å². The molecule has 0 amide bonds. The number of rotatable bonds is 9. The smallest absolute Gasteiger partial charge is 0.342 e. The maximum Gasteiger partial charge on any atom is 0.342 e. The Balaban J connectivity index is 1.73. The zero-order valence-corrected chi connectivity index (χ0v) is 26.2. The lowest BCUT2D eigenvalue weighted by atomic mass is 9.98. The summed E-state index contributed by atoms with van der Waals surface area (Å²) in [5, 5.41) is 3.05. The van der Waals surface area contributed by atoms with Crippen molar-refractivity contribution in [3.05, 3.63) is 77.4 Å². The number of fused-ring (bicyclic) bond motifs is 2. The minimum Gasteiger partial charge on any atom is -0.492 e. The SMILES string of the molecule is CNCCOc1cc2c(c(OCOC)c1)C(=O)O[C@@H](C)[C@H](C)/C=C\C(OC(=O)c1ccccc1)C1OC(C)(C)O[C@H]1C/C=C/2. The molecule has 238 valence electrons. The van der Waals surface area contributed by atoms with Gasteiger partial charge < -0.3 is 38.5 Å². The van der Waals surface area contributed by atoms with Crippen molar-refractivity contribution in [3.63, 3.8) is 0 Å². The number of methoxy groups -OCH3 is 1. The highest BCUT2D eigenvalue weighted by molar-refractivity contribution is 5.97. The molecule has 44 heavy (non-hydrogen) atoms. The van der Waals surface area contributed by atoms with Gasteiger partial charge in [-0.1, -0.05) is 43.4 Å². The van der Waals surface area contributed by atoms with E-state index >= 15 is 0 Å². The number of nitrogens with one attached hydrogen (secondary N) is 1. The second-order valence-electron chi connectivity index (χ2n) is 11.3. The van der Waals surface area contributed by atoms with Crippen LogP contribution in [-0.4, -0.2) is 76.2 Å². The molecule has 0 aliphatic carbocycles. The Hall–Kier alpha value is -3.70. The maximum absolute atomic E-state index is 13.7. The monoisotopic (exact) mass is 609 g/mol. The van der Waals surface area contributed by atoms with Crippen LogP contribution in [0.3, 0.4) is 0 Å². The Morgan fingerprint density at radius 1 is 1.07 bits per heavy atom. The normalized spacial score (nSPS) is 26.3. The third-order valence-electron chi connectivity index (χ3n) is 7.36. The van der Waals surface area contributed by atoms with Gasteiger partial charge in [0.1, 0.15) is 42.0 Å². The third-order valence-corrected chi connectivity index (χ3v) is 7.36. The van der Waals surface area contributed by atoms with Gasteiger partial charge in [-0.05, 0) is 64.1 Å². The van der Waals surface area contributed by atoms with Gasteiger partial charge >= 0.3 is 11.9 Å². The first kappa shape index (κ1) is 33.2. The van der Waals surface area contributed by atoms with E-state index in [1.54, 1.807) is 42.5 Å². The quantitative estimate of drug-likeness (QED) is 0.177. The molecule has 1 saturated heterocycles. The van der Waals surface area contributed by atoms with Crippen molar-refractivity contribution in [2.75, 3.05) is 34.1 Å². The summed E-state index contributed by atoms with van der Waals surface area (Å²) in [5.74, 6) is -1.35. The minimum atomic E-state index is -0.909. The van der Waals surface area contributed by atoms with Crippen LogP contribution >= 0.6 is 0 Å². The molecule has 0 radical (unpaired) electrons. The predicted molar refractivity (Wildman–Crippen MR) is 165 cm³/mol. The first-order chi connectivity index (χ1) is 21.1. The fraction of sp³-hybridized carbons (Fsp3) is 0.471. The lowest BCUT2D eigenvalue weighted by Crippen LogP contribution is -2.37. The molecule has 0 spiro atoms. The number of cyclic esters (lactones) is 1. The van der Waals surface area contributed by atoms with Crippen LogP contribution in [0.25, 0.3) is 6.08 Å². The van der Waals surface area contributed by atoms with Crippen LogP contribution in [0.15, 0.2) is 60.7 Å². The molecule has 2 aliphatic heterocycles. The number of likely N-dealkylation sites (N-methyl/N-ethyl adjacent to an activating group) is 1. The van der Waals surface area contributed by atoms with Crippen LogP contribution < -0.4 is 14.8 Å². The van der Waals surface area contributed by atoms with Crippen LogP contribution in [0.4, 0.5) is 0 Å². The van der Waals surface area contributed by atoms with E-state index in [9.17, 15) is 9.59 Å². The van der Waals surface area contributed by atoms with Crippen molar-refractivity contribution in [2.24, 2.45) is 5.92 Å². The number of benzene rings is 2. The van der Waals surface area contributed by atoms with Crippen molar-refractivity contribution in [3.8, 4) is 11.5 Å². The maximum atomic E-state index is 13.7. The van der Waals surface area contributed by atoms with E-state index < -0.39 is 42.1 Å². The van der Waals surface area contributed by atoms with Gasteiger partial charge in [0.15, 0.2) is 12.6 Å². The van der Waals surface area contributed by atoms with Gasteiger partial charge in [0.25, 0.3) is 0 Å². The van der Waals surface area contributed by atoms with Gasteiger partial charge in [0.2, 0.25) is 0 Å². The molecular formula is C34H43NO9. The molecular weight excluding hydrogens is 566 g/mol. The van der Waals surface area contributed by atoms with Gasteiger partial charge in [-0.3, -0.25) is 0 Å². The number of ether oxygens (including phenoxy) is 7. The lowest BCUT2D eigenvalue weighted by molar-refractivity contribution is -0.152. The van der Waals surface area contributed by atoms with Gasteiger partial charge in [-0.25, -0.2) is 9.59 Å². The summed E-state index contributed by atoms with van der Waals surface area (Å²) in [4.78, 5) is 26.8. The van der Waals surface area contributed by atoms with E-state index in [2.05, 4.69) is 5.32 Å². The fourth-order valence-corrected chi connectivity index (χ4v) is 4.96. The molecule has 1 N–H and O–H groups in total. The second-order valence-corrected chi connectivity index (χ2v) is 11.3. The van der Waals surface area contributed by atoms with E-state index in [4.69, 9.17) is 33.2 Å². The number of carbonyl (C=O) groups is 2. The molecule has 10 nitrogen and oxygen atoms in total. The highest BCUT2D eigenvalue weighted by Gasteiger charge is 2.45. The summed E-state index contributed by atoms with van der Waals surface area (Å²) >= 11 is 0. The fourth-order valence-electron chi connectivity index (χ4n) is 4.96. The Morgan fingerprint density at radius 3 is 2.57 bits per heavy atom. The molecule has 2 unspecified atom stereocenters. The average molecular weight is 610 g/mol. The largest absolute Gasteiger partial charge is 0.492 e. The molecule has 2 heterocycles. The highest BCUT2D eigenvalue weighted by Crippen LogP contribution is 2.36. The van der Waals surface area contributed by atoms with E-state index in [1.807, 2.05) is 59.0 Å². The van der Waals surface area contributed by atoms with Gasteiger partial charge in [-0.15, -0.1) is 0 Å². The van der Waals surface area contributed by atoms with E-state index in [1.165, 1.54) is 7.11 Å². The van der Waals surface area contributed by atoms with Crippen LogP contribution in [0.2, 0.25) is 0 Å². The van der Waals surface area contributed by atoms with Crippen LogP contribution in [0.1, 0.15) is 60.4 Å². The van der Waals surface area contributed by atoms with Crippen LogP contribution in [0, 0.1) is 5.92 Å². The number of esters is 2. The van der Waals surface area contributed by atoms with Crippen LogP contribution in [-0.2, 0) is 23.7 Å². The Kier molecular flexibility index (Phi) is 11.6. The Labute approximate surface area is 259 Å². The molecule has 2 aliphatic rings. The molecule has 2 aromatic carbocycles. The number of hydrogen-bond acceptors (Lipinski definition) is 10. The average Bonchev–Trinajstić information content (AvgIpc) is 3.31. The molecule has 1 fully saturated rings. The van der Waals surface area contributed by atoms with Crippen molar-refractivity contribution in [1.29, 1.82) is 0 Å². The van der Waals surface area contributed by atoms with Crippen molar-refractivity contribution < 1.29 is 42.7 Å². The van der Waals surface area contributed by atoms with Crippen molar-refractivity contribution >= 4 is 18.0 Å². The summed E-state index contributed by atoms with van der Waals surface area (Å²) in [6.45, 7) is 8.39. The molecule has 5 atom stereocenters. The number of carbonyl (C=O) groups excluding carboxylic acids is 2. The van der Waals surface area contributed by atoms with Gasteiger partial charge in [-0.2, -0.15) is 0 Å². The highest BCUT2D eigenvalue weighted by atomic mass is 16.8. The summed E-state index contributed by atoms with van der Waals surface area (Å²) in [6.07, 6.45) is 5.44. The van der Waals surface area contributed by atoms with Crippen LogP contribution in [0.5, 0.6) is 11.5 Å². The molecule has 0 aromatic heterocycles. The molecule has 10 heteroatoms. The Morgan fingerprint density at radius 2 is 1.84 bits per heavy atom. The molecule has 4 rings (SSSR count). The predicted octanol–water partition coefficient (Wildman–Crippen LogP) is 5.17. The first-order valence-corrected chi connectivity index (χ1v) is 14.9. The zero-order chi connectivity index (χ0) is 31.7. The van der Waals surface area contributed by atoms with E-state index in [-0.39, 0.29) is 24.0 Å². The molecule has 0 saturated carbocycles. The van der Waals surface area contributed by atoms with Crippen molar-refractivity contribution in [2.45, 2.75) is 64.3 Å². The minimum absolute atomic E-state index is 0.0643. The molecule has 0 bridgehead atoms. The zero-order valence-electron chi connectivity index (χ0n) is 26.2. The lowest BCUT2D eigenvalue weighted by Gasteiger charge is -2.25. The summed E-state index contributed by atoms with van der Waals surface area (Å²) in [5.41, 5.74) is 1.24. The number of hydrogen-bond donors (Lipinski definition) is 1. The first-order valence-electron chi connectivity index (χ1n) is 14.9. The van der Waals surface area contributed by atoms with Crippen molar-refractivity contribution in [1.82, 2.24) is 5.32 Å². The summed E-state index contributed by atoms with van der Waals surface area (Å²) in [6, 6.07) is 12.2. The second kappa shape index (κ2) is 15.3. The summed E-state index contributed by atoms with van der Waals surface area (Å²) < 4.78 is 41.4. The Bertz CT molecular complexity index is 1320. The van der Waals surface area contributed by atoms with Gasteiger partial charge in [0.05, 0.1) is 11.7 Å².